The fourth-order valence-corrected chi connectivity index (χ4v) is 2.92. The fraction of sp³-hybridized carbons (Fsp3) is 0.529. The largest absolute Gasteiger partial charge is 0.424 e. The van der Waals surface area contributed by atoms with Crippen molar-refractivity contribution in [1.82, 2.24) is 10.2 Å². The Labute approximate surface area is 129 Å². The van der Waals surface area contributed by atoms with E-state index in [2.05, 4.69) is 24.0 Å². The fourth-order valence-electron chi connectivity index (χ4n) is 2.92. The normalized spacial score (nSPS) is 19.0. The first-order chi connectivity index (χ1) is 10.7. The number of ether oxygens (including phenoxy) is 1. The minimum Gasteiger partial charge on any atom is -0.424 e. The molecule has 1 aromatic heterocycles. The second-order valence-corrected chi connectivity index (χ2v) is 5.96. The third-order valence-corrected chi connectivity index (χ3v) is 4.63. The predicted molar refractivity (Wildman–Crippen MR) is 80.2 cm³/mol. The van der Waals surface area contributed by atoms with Crippen molar-refractivity contribution in [3.05, 3.63) is 47.4 Å². The van der Waals surface area contributed by atoms with Crippen LogP contribution in [0.5, 0.6) is 0 Å². The third-order valence-electron chi connectivity index (χ3n) is 4.63. The first kappa shape index (κ1) is 15.2. The molecule has 22 heavy (non-hydrogen) atoms. The van der Waals surface area contributed by atoms with E-state index in [9.17, 15) is 4.39 Å². The number of aromatic nitrogens is 2. The highest BCUT2D eigenvalue weighted by atomic mass is 19.1. The lowest BCUT2D eigenvalue weighted by Gasteiger charge is -2.34. The topological polar surface area (TPSA) is 48.2 Å². The Hall–Kier alpha value is -1.75. The first-order valence-corrected chi connectivity index (χ1v) is 7.83. The lowest BCUT2D eigenvalue weighted by molar-refractivity contribution is 0.0539. The molecule has 0 aliphatic carbocycles. The molecule has 5 heteroatoms. The molecule has 1 atom stereocenters. The summed E-state index contributed by atoms with van der Waals surface area (Å²) >= 11 is 0. The molecule has 1 aliphatic rings. The number of halogens is 1. The zero-order valence-electron chi connectivity index (χ0n) is 13.0. The highest BCUT2D eigenvalue weighted by Crippen LogP contribution is 2.41. The molecule has 4 nitrogen and oxygen atoms in total. The standard InChI is InChI=1S/C17H21FN2O2/c1-3-12(2)15-19-20-16(22-15)17(8-10-21-11-9-17)13-4-6-14(18)7-5-13/h4-7,12H,3,8-11H2,1-2H3/t12-/m1/s1. The van der Waals surface area contributed by atoms with Crippen molar-refractivity contribution < 1.29 is 13.5 Å². The third kappa shape index (κ3) is 2.65. The van der Waals surface area contributed by atoms with Crippen molar-refractivity contribution in [3.8, 4) is 0 Å². The Kier molecular flexibility index (Phi) is 4.25. The van der Waals surface area contributed by atoms with Gasteiger partial charge in [0.1, 0.15) is 5.82 Å². The summed E-state index contributed by atoms with van der Waals surface area (Å²) in [6, 6.07) is 6.60. The molecule has 0 amide bonds. The highest BCUT2D eigenvalue weighted by Gasteiger charge is 2.41. The maximum Gasteiger partial charge on any atom is 0.227 e. The summed E-state index contributed by atoms with van der Waals surface area (Å²) in [5.41, 5.74) is 0.640. The van der Waals surface area contributed by atoms with Gasteiger partial charge in [-0.1, -0.05) is 26.0 Å². The molecule has 2 heterocycles. The first-order valence-electron chi connectivity index (χ1n) is 7.83. The van der Waals surface area contributed by atoms with Gasteiger partial charge in [0.2, 0.25) is 11.8 Å². The lowest BCUT2D eigenvalue weighted by atomic mass is 9.74. The molecule has 1 saturated heterocycles. The SMILES string of the molecule is CC[C@@H](C)c1nnc(C2(c3ccc(F)cc3)CCOCC2)o1. The highest BCUT2D eigenvalue weighted by molar-refractivity contribution is 5.32. The monoisotopic (exact) mass is 304 g/mol. The summed E-state index contributed by atoms with van der Waals surface area (Å²) in [6.07, 6.45) is 2.48. The molecule has 0 N–H and O–H groups in total. The summed E-state index contributed by atoms with van der Waals surface area (Å²) in [6.45, 7) is 5.45. The van der Waals surface area contributed by atoms with Crippen LogP contribution >= 0.6 is 0 Å². The van der Waals surface area contributed by atoms with Crippen LogP contribution in [0.2, 0.25) is 0 Å². The van der Waals surface area contributed by atoms with Crippen LogP contribution in [0.3, 0.4) is 0 Å². The Morgan fingerprint density at radius 2 is 1.86 bits per heavy atom. The van der Waals surface area contributed by atoms with E-state index in [4.69, 9.17) is 9.15 Å². The van der Waals surface area contributed by atoms with Gasteiger partial charge < -0.3 is 9.15 Å². The van der Waals surface area contributed by atoms with Crippen LogP contribution in [-0.4, -0.2) is 23.4 Å². The van der Waals surface area contributed by atoms with Gasteiger partial charge in [-0.2, -0.15) is 0 Å². The maximum atomic E-state index is 13.3. The number of benzene rings is 1. The van der Waals surface area contributed by atoms with Crippen molar-refractivity contribution in [3.63, 3.8) is 0 Å². The zero-order valence-corrected chi connectivity index (χ0v) is 13.0. The molecule has 1 aromatic carbocycles. The van der Waals surface area contributed by atoms with Crippen LogP contribution in [0.1, 0.15) is 56.4 Å². The van der Waals surface area contributed by atoms with Gasteiger partial charge in [-0.05, 0) is 37.0 Å². The summed E-state index contributed by atoms with van der Waals surface area (Å²) in [4.78, 5) is 0. The van der Waals surface area contributed by atoms with Gasteiger partial charge in [-0.3, -0.25) is 0 Å². The molecular formula is C17H21FN2O2. The van der Waals surface area contributed by atoms with E-state index in [-0.39, 0.29) is 17.2 Å². The summed E-state index contributed by atoms with van der Waals surface area (Å²) in [5.74, 6) is 1.30. The van der Waals surface area contributed by atoms with Gasteiger partial charge in [0.15, 0.2) is 0 Å². The smallest absolute Gasteiger partial charge is 0.227 e. The quantitative estimate of drug-likeness (QED) is 0.861. The second kappa shape index (κ2) is 6.16. The Morgan fingerprint density at radius 1 is 1.18 bits per heavy atom. The molecule has 0 radical (unpaired) electrons. The summed E-state index contributed by atoms with van der Waals surface area (Å²) < 4.78 is 24.8. The summed E-state index contributed by atoms with van der Waals surface area (Å²) in [5, 5.41) is 8.53. The van der Waals surface area contributed by atoms with Gasteiger partial charge in [-0.25, -0.2) is 4.39 Å². The van der Waals surface area contributed by atoms with Crippen LogP contribution in [-0.2, 0) is 10.2 Å². The predicted octanol–water partition coefficient (Wildman–Crippen LogP) is 3.82. The van der Waals surface area contributed by atoms with E-state index in [1.165, 1.54) is 12.1 Å². The molecule has 118 valence electrons. The molecule has 0 bridgehead atoms. The Morgan fingerprint density at radius 3 is 2.50 bits per heavy atom. The van der Waals surface area contributed by atoms with Gasteiger partial charge in [0.25, 0.3) is 0 Å². The minimum absolute atomic E-state index is 0.239. The number of hydrogen-bond donors (Lipinski definition) is 0. The lowest BCUT2D eigenvalue weighted by Crippen LogP contribution is -2.35. The second-order valence-electron chi connectivity index (χ2n) is 5.96. The van der Waals surface area contributed by atoms with Crippen molar-refractivity contribution in [2.45, 2.75) is 44.4 Å². The van der Waals surface area contributed by atoms with Gasteiger partial charge in [0, 0.05) is 19.1 Å². The van der Waals surface area contributed by atoms with Crippen LogP contribution in [0.25, 0.3) is 0 Å². The average Bonchev–Trinajstić information content (AvgIpc) is 3.06. The number of rotatable bonds is 4. The minimum atomic E-state index is -0.370. The Bertz CT molecular complexity index is 618. The van der Waals surface area contributed by atoms with E-state index < -0.39 is 0 Å². The average molecular weight is 304 g/mol. The van der Waals surface area contributed by atoms with E-state index in [1.807, 2.05) is 12.1 Å². The molecule has 1 fully saturated rings. The van der Waals surface area contributed by atoms with Gasteiger partial charge in [0.05, 0.1) is 5.41 Å². The zero-order chi connectivity index (χ0) is 15.6. The molecular weight excluding hydrogens is 283 g/mol. The van der Waals surface area contributed by atoms with Crippen molar-refractivity contribution in [2.75, 3.05) is 13.2 Å². The molecule has 0 unspecified atom stereocenters. The molecule has 0 saturated carbocycles. The van der Waals surface area contributed by atoms with E-state index in [1.54, 1.807) is 0 Å². The Balaban J connectivity index is 2.02. The van der Waals surface area contributed by atoms with Crippen molar-refractivity contribution >= 4 is 0 Å². The number of hydrogen-bond acceptors (Lipinski definition) is 4. The van der Waals surface area contributed by atoms with Gasteiger partial charge in [-0.15, -0.1) is 10.2 Å². The van der Waals surface area contributed by atoms with Gasteiger partial charge >= 0.3 is 0 Å². The van der Waals surface area contributed by atoms with Crippen LogP contribution in [0, 0.1) is 5.82 Å². The molecule has 2 aromatic rings. The van der Waals surface area contributed by atoms with Crippen molar-refractivity contribution in [1.29, 1.82) is 0 Å². The maximum absolute atomic E-state index is 13.3. The van der Waals surface area contributed by atoms with Crippen LogP contribution < -0.4 is 0 Å². The molecule has 3 rings (SSSR count). The number of nitrogens with zero attached hydrogens (tertiary/aromatic N) is 2. The van der Waals surface area contributed by atoms with E-state index in [0.717, 1.165) is 24.8 Å². The van der Waals surface area contributed by atoms with E-state index >= 15 is 0 Å². The van der Waals surface area contributed by atoms with E-state index in [0.29, 0.717) is 25.0 Å². The molecule has 1 aliphatic heterocycles. The summed E-state index contributed by atoms with van der Waals surface area (Å²) in [7, 11) is 0. The van der Waals surface area contributed by atoms with Crippen molar-refractivity contribution in [2.24, 2.45) is 0 Å². The van der Waals surface area contributed by atoms with Crippen LogP contribution in [0.4, 0.5) is 4.39 Å². The van der Waals surface area contributed by atoms with Crippen LogP contribution in [0.15, 0.2) is 28.7 Å². The molecule has 0 spiro atoms.